The zero-order chi connectivity index (χ0) is 14.9. The first-order valence-corrected chi connectivity index (χ1v) is 7.44. The molecular weight excluding hydrogens is 250 g/mol. The summed E-state index contributed by atoms with van der Waals surface area (Å²) in [6, 6.07) is 1.97. The van der Waals surface area contributed by atoms with Gasteiger partial charge in [0.05, 0.1) is 5.54 Å². The minimum Gasteiger partial charge on any atom is -0.386 e. The maximum absolute atomic E-state index is 11.0. The third kappa shape index (κ3) is 2.67. The molecule has 112 valence electrons. The van der Waals surface area contributed by atoms with E-state index in [0.717, 1.165) is 30.4 Å². The molecule has 4 heteroatoms. The Bertz CT molecular complexity index is 475. The van der Waals surface area contributed by atoms with Crippen molar-refractivity contribution in [3.8, 4) is 0 Å². The summed E-state index contributed by atoms with van der Waals surface area (Å²) in [7, 11) is 4.11. The lowest BCUT2D eigenvalue weighted by atomic mass is 9.70. The lowest BCUT2D eigenvalue weighted by Gasteiger charge is -2.48. The predicted molar refractivity (Wildman–Crippen MR) is 82.4 cm³/mol. The van der Waals surface area contributed by atoms with Crippen molar-refractivity contribution in [3.63, 3.8) is 0 Å². The van der Waals surface area contributed by atoms with Crippen LogP contribution in [0.4, 0.5) is 5.82 Å². The molecule has 2 rings (SSSR count). The molecule has 1 aliphatic carbocycles. The number of anilines is 1. The predicted octanol–water partition coefficient (Wildman–Crippen LogP) is 2.52. The minimum absolute atomic E-state index is 0.235. The number of likely N-dealkylation sites (N-methyl/N-ethyl adjacent to an activating group) is 1. The molecule has 1 fully saturated rings. The number of aliphatic hydroxyl groups is 1. The average molecular weight is 277 g/mol. The first-order chi connectivity index (χ1) is 9.36. The number of hydrogen-bond acceptors (Lipinski definition) is 4. The number of rotatable bonds is 3. The quantitative estimate of drug-likeness (QED) is 0.891. The van der Waals surface area contributed by atoms with Crippen LogP contribution in [0.2, 0.25) is 0 Å². The van der Waals surface area contributed by atoms with E-state index in [-0.39, 0.29) is 5.54 Å². The van der Waals surface area contributed by atoms with Crippen molar-refractivity contribution in [2.24, 2.45) is 5.92 Å². The standard InChI is InChI=1S/C16H27N3O/c1-11-6-5-7-16(9-11,19(3)4)14(20)13-8-12(2)10-18-15(13)17/h8,10-11,14,20H,5-7,9H2,1-4H3,(H2,17,18). The van der Waals surface area contributed by atoms with Crippen LogP contribution in [-0.4, -0.2) is 34.6 Å². The van der Waals surface area contributed by atoms with Gasteiger partial charge in [-0.25, -0.2) is 4.98 Å². The van der Waals surface area contributed by atoms with Crippen LogP contribution in [0, 0.1) is 12.8 Å². The van der Waals surface area contributed by atoms with Gasteiger partial charge in [-0.3, -0.25) is 0 Å². The highest BCUT2D eigenvalue weighted by atomic mass is 16.3. The van der Waals surface area contributed by atoms with E-state index in [4.69, 9.17) is 5.73 Å². The lowest BCUT2D eigenvalue weighted by molar-refractivity contribution is -0.0448. The smallest absolute Gasteiger partial charge is 0.129 e. The second-order valence-electron chi connectivity index (χ2n) is 6.59. The molecule has 0 bridgehead atoms. The Balaban J connectivity index is 2.41. The molecule has 0 radical (unpaired) electrons. The van der Waals surface area contributed by atoms with E-state index >= 15 is 0 Å². The zero-order valence-corrected chi connectivity index (χ0v) is 13.1. The summed E-state index contributed by atoms with van der Waals surface area (Å²) in [5, 5.41) is 11.0. The van der Waals surface area contributed by atoms with Gasteiger partial charge in [0.15, 0.2) is 0 Å². The van der Waals surface area contributed by atoms with Crippen molar-refractivity contribution in [2.75, 3.05) is 19.8 Å². The third-order valence-corrected chi connectivity index (χ3v) is 4.79. The van der Waals surface area contributed by atoms with Gasteiger partial charge in [0, 0.05) is 11.8 Å². The fourth-order valence-corrected chi connectivity index (χ4v) is 3.57. The largest absolute Gasteiger partial charge is 0.386 e. The Morgan fingerprint density at radius 1 is 1.50 bits per heavy atom. The van der Waals surface area contributed by atoms with Crippen LogP contribution in [0.15, 0.2) is 12.3 Å². The van der Waals surface area contributed by atoms with Crippen molar-refractivity contribution < 1.29 is 5.11 Å². The van der Waals surface area contributed by atoms with Gasteiger partial charge in [-0.05, 0) is 51.4 Å². The van der Waals surface area contributed by atoms with Gasteiger partial charge in [0.1, 0.15) is 11.9 Å². The molecule has 0 aliphatic heterocycles. The van der Waals surface area contributed by atoms with Gasteiger partial charge >= 0.3 is 0 Å². The highest BCUT2D eigenvalue weighted by Gasteiger charge is 2.44. The number of nitrogen functional groups attached to an aromatic ring is 1. The Kier molecular flexibility index (Phi) is 4.35. The number of aliphatic hydroxyl groups excluding tert-OH is 1. The Labute approximate surface area is 122 Å². The summed E-state index contributed by atoms with van der Waals surface area (Å²) in [6.07, 6.45) is 5.54. The van der Waals surface area contributed by atoms with Gasteiger partial charge in [0.25, 0.3) is 0 Å². The van der Waals surface area contributed by atoms with Crippen molar-refractivity contribution >= 4 is 5.82 Å². The molecule has 20 heavy (non-hydrogen) atoms. The van der Waals surface area contributed by atoms with E-state index in [9.17, 15) is 5.11 Å². The highest BCUT2D eigenvalue weighted by Crippen LogP contribution is 2.44. The number of nitrogens with two attached hydrogens (primary N) is 1. The maximum Gasteiger partial charge on any atom is 0.129 e. The van der Waals surface area contributed by atoms with E-state index in [0.29, 0.717) is 11.7 Å². The minimum atomic E-state index is -0.590. The fourth-order valence-electron chi connectivity index (χ4n) is 3.57. The van der Waals surface area contributed by atoms with Gasteiger partial charge in [0.2, 0.25) is 0 Å². The van der Waals surface area contributed by atoms with Crippen LogP contribution < -0.4 is 5.73 Å². The number of aryl methyl sites for hydroxylation is 1. The number of hydrogen-bond donors (Lipinski definition) is 2. The van der Waals surface area contributed by atoms with Crippen LogP contribution in [0.25, 0.3) is 0 Å². The molecule has 4 nitrogen and oxygen atoms in total. The lowest BCUT2D eigenvalue weighted by Crippen LogP contribution is -2.52. The summed E-state index contributed by atoms with van der Waals surface area (Å²) in [5.41, 5.74) is 7.57. The van der Waals surface area contributed by atoms with E-state index in [1.165, 1.54) is 6.42 Å². The SMILES string of the molecule is Cc1cnc(N)c(C(O)C2(N(C)C)CCCC(C)C2)c1. The Morgan fingerprint density at radius 2 is 2.20 bits per heavy atom. The molecule has 0 saturated heterocycles. The monoisotopic (exact) mass is 277 g/mol. The molecule has 3 N–H and O–H groups in total. The van der Waals surface area contributed by atoms with Crippen molar-refractivity contribution in [2.45, 2.75) is 51.2 Å². The average Bonchev–Trinajstić information content (AvgIpc) is 2.40. The first kappa shape index (κ1) is 15.3. The van der Waals surface area contributed by atoms with Crippen molar-refractivity contribution in [3.05, 3.63) is 23.4 Å². The van der Waals surface area contributed by atoms with Gasteiger partial charge < -0.3 is 15.7 Å². The van der Waals surface area contributed by atoms with E-state index < -0.39 is 6.10 Å². The maximum atomic E-state index is 11.0. The number of nitrogens with zero attached hydrogens (tertiary/aromatic N) is 2. The van der Waals surface area contributed by atoms with E-state index in [2.05, 4.69) is 30.9 Å². The van der Waals surface area contributed by atoms with Gasteiger partial charge in [-0.1, -0.05) is 19.8 Å². The highest BCUT2D eigenvalue weighted by molar-refractivity contribution is 5.43. The number of pyridine rings is 1. The normalized spacial score (nSPS) is 28.6. The molecule has 0 amide bonds. The molecule has 1 aromatic heterocycles. The number of aromatic nitrogens is 1. The molecule has 3 unspecified atom stereocenters. The molecule has 0 spiro atoms. The van der Waals surface area contributed by atoms with Crippen LogP contribution >= 0.6 is 0 Å². The second-order valence-corrected chi connectivity index (χ2v) is 6.59. The van der Waals surface area contributed by atoms with E-state index in [1.54, 1.807) is 6.20 Å². The van der Waals surface area contributed by atoms with Crippen LogP contribution in [-0.2, 0) is 0 Å². The van der Waals surface area contributed by atoms with Crippen molar-refractivity contribution in [1.82, 2.24) is 9.88 Å². The third-order valence-electron chi connectivity index (χ3n) is 4.79. The topological polar surface area (TPSA) is 62.4 Å². The molecule has 1 saturated carbocycles. The second kappa shape index (κ2) is 5.70. The summed E-state index contributed by atoms with van der Waals surface area (Å²) < 4.78 is 0. The molecule has 1 aliphatic rings. The van der Waals surface area contributed by atoms with Crippen LogP contribution in [0.5, 0.6) is 0 Å². The molecule has 3 atom stereocenters. The molecular formula is C16H27N3O. The Morgan fingerprint density at radius 3 is 2.80 bits per heavy atom. The fraction of sp³-hybridized carbons (Fsp3) is 0.688. The summed E-state index contributed by atoms with van der Waals surface area (Å²) in [4.78, 5) is 6.38. The van der Waals surface area contributed by atoms with Crippen LogP contribution in [0.3, 0.4) is 0 Å². The van der Waals surface area contributed by atoms with Crippen LogP contribution in [0.1, 0.15) is 49.8 Å². The molecule has 0 aromatic carbocycles. The van der Waals surface area contributed by atoms with Gasteiger partial charge in [-0.2, -0.15) is 0 Å². The zero-order valence-electron chi connectivity index (χ0n) is 13.1. The first-order valence-electron chi connectivity index (χ1n) is 7.44. The van der Waals surface area contributed by atoms with Crippen molar-refractivity contribution in [1.29, 1.82) is 0 Å². The summed E-state index contributed by atoms with van der Waals surface area (Å²) in [5.74, 6) is 1.07. The molecule has 1 aromatic rings. The summed E-state index contributed by atoms with van der Waals surface area (Å²) >= 11 is 0. The Hall–Kier alpha value is -1.13. The van der Waals surface area contributed by atoms with Gasteiger partial charge in [-0.15, -0.1) is 0 Å². The summed E-state index contributed by atoms with van der Waals surface area (Å²) in [6.45, 7) is 4.25. The van der Waals surface area contributed by atoms with E-state index in [1.807, 2.05) is 13.0 Å². The molecule has 1 heterocycles.